The number of unbranched alkanes of at least 4 members (excludes halogenated alkanes) is 5. The van der Waals surface area contributed by atoms with E-state index in [0.717, 1.165) is 42.5 Å². The molecule has 1 unspecified atom stereocenters. The van der Waals surface area contributed by atoms with Crippen LogP contribution in [0.3, 0.4) is 0 Å². The molecule has 178 valence electrons. The van der Waals surface area contributed by atoms with Crippen molar-refractivity contribution < 1.29 is 19.4 Å². The molecular weight excluding hydrogens is 406 g/mol. The van der Waals surface area contributed by atoms with E-state index in [1.165, 1.54) is 17.7 Å². The molecule has 0 bridgehead atoms. The Balaban J connectivity index is 2.12. The molecule has 7 nitrogen and oxygen atoms in total. The van der Waals surface area contributed by atoms with Crippen LogP contribution in [0, 0.1) is 0 Å². The van der Waals surface area contributed by atoms with Gasteiger partial charge in [-0.25, -0.2) is 14.6 Å². The molecular formula is C25H39N3O4. The Morgan fingerprint density at radius 3 is 2.41 bits per heavy atom. The number of carboxylic acids is 1. The second-order valence-corrected chi connectivity index (χ2v) is 9.41. The molecule has 7 heteroatoms. The minimum atomic E-state index is -1.01. The van der Waals surface area contributed by atoms with Gasteiger partial charge in [0, 0.05) is 20.0 Å². The number of rotatable bonds is 12. The van der Waals surface area contributed by atoms with Gasteiger partial charge in [0.25, 0.3) is 0 Å². The molecule has 0 fully saturated rings. The molecule has 0 aliphatic carbocycles. The average Bonchev–Trinajstić information content (AvgIpc) is 3.03. The largest absolute Gasteiger partial charge is 0.480 e. The number of aromatic nitrogens is 2. The van der Waals surface area contributed by atoms with Crippen molar-refractivity contribution in [2.75, 3.05) is 6.54 Å². The van der Waals surface area contributed by atoms with Crippen molar-refractivity contribution in [3.63, 3.8) is 0 Å². The van der Waals surface area contributed by atoms with E-state index >= 15 is 0 Å². The van der Waals surface area contributed by atoms with E-state index in [1.807, 2.05) is 35.9 Å². The van der Waals surface area contributed by atoms with Crippen LogP contribution >= 0.6 is 0 Å². The third kappa shape index (κ3) is 7.53. The summed E-state index contributed by atoms with van der Waals surface area (Å²) < 4.78 is 7.54. The summed E-state index contributed by atoms with van der Waals surface area (Å²) in [5, 5.41) is 9.97. The molecule has 1 amide bonds. The van der Waals surface area contributed by atoms with E-state index in [2.05, 4.69) is 11.9 Å². The minimum Gasteiger partial charge on any atom is -0.480 e. The molecule has 1 atom stereocenters. The molecule has 0 aliphatic rings. The molecule has 0 saturated heterocycles. The number of carbonyl (C=O) groups excluding carboxylic acids is 1. The number of carboxylic acid groups (broad SMARTS) is 1. The van der Waals surface area contributed by atoms with Gasteiger partial charge in [-0.05, 0) is 45.7 Å². The van der Waals surface area contributed by atoms with Crippen molar-refractivity contribution in [2.45, 2.75) is 90.7 Å². The van der Waals surface area contributed by atoms with Crippen LogP contribution in [0.4, 0.5) is 4.79 Å². The molecule has 2 rings (SSSR count). The molecule has 0 aliphatic heterocycles. The third-order valence-corrected chi connectivity index (χ3v) is 5.56. The summed E-state index contributed by atoms with van der Waals surface area (Å²) in [5.74, 6) is -0.207. The van der Waals surface area contributed by atoms with Crippen LogP contribution in [-0.4, -0.2) is 49.8 Å². The molecule has 2 aromatic rings. The number of amides is 1. The molecule has 0 spiro atoms. The van der Waals surface area contributed by atoms with Crippen LogP contribution in [0.1, 0.15) is 78.5 Å². The van der Waals surface area contributed by atoms with Gasteiger partial charge in [-0.3, -0.25) is 4.90 Å². The Hall–Kier alpha value is -2.57. The van der Waals surface area contributed by atoms with Crippen LogP contribution in [0.15, 0.2) is 24.3 Å². The first-order valence-electron chi connectivity index (χ1n) is 11.8. The quantitative estimate of drug-likeness (QED) is 0.433. The summed E-state index contributed by atoms with van der Waals surface area (Å²) in [4.78, 5) is 31.1. The molecule has 0 radical (unpaired) electrons. The van der Waals surface area contributed by atoms with Gasteiger partial charge in [0.05, 0.1) is 11.0 Å². The van der Waals surface area contributed by atoms with Gasteiger partial charge in [0.2, 0.25) is 0 Å². The molecule has 0 saturated carbocycles. The summed E-state index contributed by atoms with van der Waals surface area (Å²) in [5.41, 5.74) is 1.20. The number of hydrogen-bond donors (Lipinski definition) is 1. The first-order chi connectivity index (χ1) is 15.1. The monoisotopic (exact) mass is 445 g/mol. The van der Waals surface area contributed by atoms with Gasteiger partial charge in [-0.2, -0.15) is 0 Å². The average molecular weight is 446 g/mol. The zero-order valence-electron chi connectivity index (χ0n) is 20.3. The summed E-state index contributed by atoms with van der Waals surface area (Å²) in [6.07, 6.45) is 6.53. The van der Waals surface area contributed by atoms with E-state index in [-0.39, 0.29) is 6.42 Å². The first-order valence-corrected chi connectivity index (χ1v) is 11.8. The topological polar surface area (TPSA) is 84.7 Å². The van der Waals surface area contributed by atoms with Crippen molar-refractivity contribution in [1.29, 1.82) is 0 Å². The zero-order chi connectivity index (χ0) is 23.7. The van der Waals surface area contributed by atoms with Gasteiger partial charge >= 0.3 is 12.1 Å². The van der Waals surface area contributed by atoms with Crippen molar-refractivity contribution in [3.8, 4) is 0 Å². The van der Waals surface area contributed by atoms with Gasteiger partial charge in [-0.15, -0.1) is 0 Å². The molecule has 1 aromatic carbocycles. The maximum absolute atomic E-state index is 12.9. The Morgan fingerprint density at radius 1 is 1.12 bits per heavy atom. The number of nitrogens with zero attached hydrogens (tertiary/aromatic N) is 3. The number of fused-ring (bicyclic) bond motifs is 1. The maximum Gasteiger partial charge on any atom is 0.411 e. The smallest absolute Gasteiger partial charge is 0.411 e. The Bertz CT molecular complexity index is 885. The fraction of sp³-hybridized carbons (Fsp3) is 0.640. The number of aliphatic carboxylic acids is 1. The number of imidazole rings is 1. The third-order valence-electron chi connectivity index (χ3n) is 5.56. The summed E-state index contributed by atoms with van der Waals surface area (Å²) >= 11 is 0. The van der Waals surface area contributed by atoms with Gasteiger partial charge in [0.15, 0.2) is 0 Å². The van der Waals surface area contributed by atoms with E-state index in [4.69, 9.17) is 4.74 Å². The highest BCUT2D eigenvalue weighted by Crippen LogP contribution is 2.20. The second kappa shape index (κ2) is 11.9. The Morgan fingerprint density at radius 2 is 1.78 bits per heavy atom. The second-order valence-electron chi connectivity index (χ2n) is 9.41. The summed E-state index contributed by atoms with van der Waals surface area (Å²) in [6.45, 7) is 7.93. The first kappa shape index (κ1) is 25.7. The van der Waals surface area contributed by atoms with Crippen molar-refractivity contribution in [3.05, 3.63) is 30.1 Å². The number of hydrogen-bond acceptors (Lipinski definition) is 4. The lowest BCUT2D eigenvalue weighted by Gasteiger charge is -2.31. The normalized spacial score (nSPS) is 12.7. The Labute approximate surface area is 191 Å². The number of aryl methyl sites for hydroxylation is 2. The van der Waals surface area contributed by atoms with Crippen LogP contribution < -0.4 is 0 Å². The summed E-state index contributed by atoms with van der Waals surface area (Å²) in [7, 11) is 1.93. The van der Waals surface area contributed by atoms with Crippen LogP contribution in [-0.2, 0) is 23.0 Å². The highest BCUT2D eigenvalue weighted by atomic mass is 16.6. The van der Waals surface area contributed by atoms with Gasteiger partial charge < -0.3 is 14.4 Å². The highest BCUT2D eigenvalue weighted by molar-refractivity contribution is 5.80. The van der Waals surface area contributed by atoms with Crippen LogP contribution in [0.2, 0.25) is 0 Å². The fourth-order valence-electron chi connectivity index (χ4n) is 3.85. The number of carbonyl (C=O) groups is 2. The number of benzene rings is 1. The van der Waals surface area contributed by atoms with Crippen molar-refractivity contribution >= 4 is 23.1 Å². The minimum absolute atomic E-state index is 0.279. The van der Waals surface area contributed by atoms with Crippen molar-refractivity contribution in [1.82, 2.24) is 14.5 Å². The lowest BCUT2D eigenvalue weighted by atomic mass is 10.1. The molecule has 1 aromatic heterocycles. The predicted molar refractivity (Wildman–Crippen MR) is 127 cm³/mol. The van der Waals surface area contributed by atoms with E-state index < -0.39 is 23.7 Å². The maximum atomic E-state index is 12.9. The van der Waals surface area contributed by atoms with Crippen LogP contribution in [0.5, 0.6) is 0 Å². The van der Waals surface area contributed by atoms with E-state index in [1.54, 1.807) is 20.8 Å². The number of ether oxygens (including phenoxy) is 1. The lowest BCUT2D eigenvalue weighted by molar-refractivity contribution is -0.143. The van der Waals surface area contributed by atoms with Crippen LogP contribution in [0.25, 0.3) is 11.0 Å². The van der Waals surface area contributed by atoms with E-state index in [0.29, 0.717) is 13.0 Å². The molecule has 1 heterocycles. The standard InChI is InChI=1S/C25H39N3O4/c1-6-7-8-9-10-13-18-28(24(31)32-25(2,3)4)21(23(29)30)16-17-22-26-19-14-11-12-15-20(19)27(22)5/h11-12,14-15,21H,6-10,13,16-18H2,1-5H3,(H,29,30). The van der Waals surface area contributed by atoms with Gasteiger partial charge in [0.1, 0.15) is 17.5 Å². The molecule has 32 heavy (non-hydrogen) atoms. The van der Waals surface area contributed by atoms with Crippen molar-refractivity contribution in [2.24, 2.45) is 7.05 Å². The SMILES string of the molecule is CCCCCCCCN(C(=O)OC(C)(C)C)C(CCc1nc2ccccc2n1C)C(=O)O. The lowest BCUT2D eigenvalue weighted by Crippen LogP contribution is -2.48. The highest BCUT2D eigenvalue weighted by Gasteiger charge is 2.32. The molecule has 1 N–H and O–H groups in total. The Kier molecular flexibility index (Phi) is 9.54. The predicted octanol–water partition coefficient (Wildman–Crippen LogP) is 5.56. The summed E-state index contributed by atoms with van der Waals surface area (Å²) in [6, 6.07) is 6.87. The zero-order valence-corrected chi connectivity index (χ0v) is 20.3. The van der Waals surface area contributed by atoms with Gasteiger partial charge in [-0.1, -0.05) is 51.2 Å². The number of para-hydroxylation sites is 2. The fourth-order valence-corrected chi connectivity index (χ4v) is 3.85. The van der Waals surface area contributed by atoms with E-state index in [9.17, 15) is 14.7 Å².